The van der Waals surface area contributed by atoms with Crippen molar-refractivity contribution in [3.05, 3.63) is 34.8 Å². The number of methoxy groups -OCH3 is 1. The van der Waals surface area contributed by atoms with Crippen LogP contribution in [0.3, 0.4) is 0 Å². The molecular formula is C17H18N4O5S. The number of anilines is 1. The summed E-state index contributed by atoms with van der Waals surface area (Å²) >= 11 is 1.26. The average molecular weight is 390 g/mol. The Morgan fingerprint density at radius 2 is 2.00 bits per heavy atom. The summed E-state index contributed by atoms with van der Waals surface area (Å²) in [6, 6.07) is 7.61. The first-order valence-corrected chi connectivity index (χ1v) is 9.03. The first-order chi connectivity index (χ1) is 13.1. The van der Waals surface area contributed by atoms with Crippen molar-refractivity contribution in [1.29, 1.82) is 0 Å². The first kappa shape index (κ1) is 18.9. The van der Waals surface area contributed by atoms with E-state index in [-0.39, 0.29) is 32.1 Å². The SMILES string of the molecule is COc1ccccc1Cc1nnc(NC(=O)CCN2C(=O)COCC2=O)s1. The maximum atomic E-state index is 12.1. The Hall–Kier alpha value is -2.85. The van der Waals surface area contributed by atoms with E-state index in [1.165, 1.54) is 11.3 Å². The molecule has 2 aromatic rings. The highest BCUT2D eigenvalue weighted by Crippen LogP contribution is 2.24. The summed E-state index contributed by atoms with van der Waals surface area (Å²) in [5, 5.41) is 11.8. The van der Waals surface area contributed by atoms with Crippen molar-refractivity contribution in [2.24, 2.45) is 0 Å². The lowest BCUT2D eigenvalue weighted by molar-refractivity contribution is -0.158. The summed E-state index contributed by atoms with van der Waals surface area (Å²) in [6.07, 6.45) is 0.521. The smallest absolute Gasteiger partial charge is 0.255 e. The minimum atomic E-state index is -0.436. The molecule has 142 valence electrons. The average Bonchev–Trinajstić information content (AvgIpc) is 3.08. The van der Waals surface area contributed by atoms with Crippen molar-refractivity contribution in [2.45, 2.75) is 12.8 Å². The van der Waals surface area contributed by atoms with E-state index in [1.54, 1.807) is 7.11 Å². The summed E-state index contributed by atoms with van der Waals surface area (Å²) in [5.41, 5.74) is 0.971. The fourth-order valence-corrected chi connectivity index (χ4v) is 3.33. The normalized spacial score (nSPS) is 14.3. The van der Waals surface area contributed by atoms with Crippen LogP contribution in [0.25, 0.3) is 0 Å². The van der Waals surface area contributed by atoms with Crippen LogP contribution in [0.4, 0.5) is 5.13 Å². The van der Waals surface area contributed by atoms with Crippen LogP contribution in [0.1, 0.15) is 17.0 Å². The van der Waals surface area contributed by atoms with Crippen LogP contribution in [0.5, 0.6) is 5.75 Å². The maximum absolute atomic E-state index is 12.1. The molecule has 27 heavy (non-hydrogen) atoms. The fraction of sp³-hybridized carbons (Fsp3) is 0.353. The highest BCUT2D eigenvalue weighted by Gasteiger charge is 2.26. The quantitative estimate of drug-likeness (QED) is 0.698. The molecule has 0 radical (unpaired) electrons. The lowest BCUT2D eigenvalue weighted by Gasteiger charge is -2.24. The number of hydrogen-bond donors (Lipinski definition) is 1. The van der Waals surface area contributed by atoms with Crippen LogP contribution in [-0.2, 0) is 25.5 Å². The Labute approximate surface area is 159 Å². The molecule has 10 heteroatoms. The van der Waals surface area contributed by atoms with Gasteiger partial charge in [0.15, 0.2) is 0 Å². The zero-order chi connectivity index (χ0) is 19.2. The van der Waals surface area contributed by atoms with E-state index in [4.69, 9.17) is 9.47 Å². The Morgan fingerprint density at radius 3 is 2.74 bits per heavy atom. The van der Waals surface area contributed by atoms with Crippen molar-refractivity contribution >= 4 is 34.2 Å². The Morgan fingerprint density at radius 1 is 1.26 bits per heavy atom. The molecule has 1 aliphatic rings. The van der Waals surface area contributed by atoms with Gasteiger partial charge in [-0.1, -0.05) is 29.5 Å². The number of amides is 3. The van der Waals surface area contributed by atoms with Gasteiger partial charge in [-0.3, -0.25) is 19.3 Å². The Kier molecular flexibility index (Phi) is 6.09. The lowest BCUT2D eigenvalue weighted by atomic mass is 10.1. The Bertz CT molecular complexity index is 837. The van der Waals surface area contributed by atoms with Gasteiger partial charge < -0.3 is 14.8 Å². The van der Waals surface area contributed by atoms with Crippen LogP contribution in [0.15, 0.2) is 24.3 Å². The van der Waals surface area contributed by atoms with Gasteiger partial charge in [-0.2, -0.15) is 0 Å². The number of morpholine rings is 1. The topological polar surface area (TPSA) is 111 Å². The molecule has 0 aliphatic carbocycles. The molecule has 9 nitrogen and oxygen atoms in total. The molecule has 0 spiro atoms. The van der Waals surface area contributed by atoms with E-state index in [0.717, 1.165) is 21.2 Å². The highest BCUT2D eigenvalue weighted by atomic mass is 32.1. The molecule has 0 saturated carbocycles. The summed E-state index contributed by atoms with van der Waals surface area (Å²) in [5.74, 6) is -0.455. The van der Waals surface area contributed by atoms with Crippen LogP contribution in [-0.4, -0.2) is 59.7 Å². The van der Waals surface area contributed by atoms with Crippen molar-refractivity contribution in [3.8, 4) is 5.75 Å². The number of rotatable bonds is 7. The van der Waals surface area contributed by atoms with E-state index >= 15 is 0 Å². The number of nitrogens with one attached hydrogen (secondary N) is 1. The van der Waals surface area contributed by atoms with Gasteiger partial charge in [-0.25, -0.2) is 0 Å². The molecule has 2 heterocycles. The lowest BCUT2D eigenvalue weighted by Crippen LogP contribution is -2.47. The third-order valence-corrected chi connectivity index (χ3v) is 4.70. The minimum absolute atomic E-state index is 0.0136. The molecule has 0 unspecified atom stereocenters. The predicted octanol–water partition coefficient (Wildman–Crippen LogP) is 0.851. The third-order valence-electron chi connectivity index (χ3n) is 3.86. The molecule has 3 amide bonds. The number of carbonyl (C=O) groups excluding carboxylic acids is 3. The van der Waals surface area contributed by atoms with Crippen LogP contribution in [0, 0.1) is 0 Å². The van der Waals surface area contributed by atoms with Crippen molar-refractivity contribution < 1.29 is 23.9 Å². The van der Waals surface area contributed by atoms with Crippen LogP contribution in [0.2, 0.25) is 0 Å². The fourth-order valence-electron chi connectivity index (χ4n) is 2.55. The number of hydrogen-bond acceptors (Lipinski definition) is 8. The molecule has 1 aromatic heterocycles. The van der Waals surface area contributed by atoms with Crippen molar-refractivity contribution in [2.75, 3.05) is 32.2 Å². The molecule has 1 saturated heterocycles. The zero-order valence-electron chi connectivity index (χ0n) is 14.6. The standard InChI is InChI=1S/C17H18N4O5S/c1-25-12-5-3-2-4-11(12)8-14-19-20-17(27-14)18-13(22)6-7-21-15(23)9-26-10-16(21)24/h2-5H,6-10H2,1H3,(H,18,20,22). The van der Waals surface area contributed by atoms with Gasteiger partial charge in [0.25, 0.3) is 11.8 Å². The Balaban J connectivity index is 1.53. The number of imide groups is 1. The second-order valence-electron chi connectivity index (χ2n) is 5.72. The number of para-hydroxylation sites is 1. The van der Waals surface area contributed by atoms with Gasteiger partial charge in [0.1, 0.15) is 24.0 Å². The second kappa shape index (κ2) is 8.69. The summed E-state index contributed by atoms with van der Waals surface area (Å²) in [4.78, 5) is 36.3. The highest BCUT2D eigenvalue weighted by molar-refractivity contribution is 7.15. The zero-order valence-corrected chi connectivity index (χ0v) is 15.5. The van der Waals surface area contributed by atoms with Gasteiger partial charge in [0, 0.05) is 24.9 Å². The van der Waals surface area contributed by atoms with Gasteiger partial charge in [0.05, 0.1) is 7.11 Å². The summed E-state index contributed by atoms with van der Waals surface area (Å²) in [7, 11) is 1.61. The molecule has 0 bridgehead atoms. The van der Waals surface area contributed by atoms with E-state index in [2.05, 4.69) is 15.5 Å². The van der Waals surface area contributed by atoms with Gasteiger partial charge in [-0.05, 0) is 6.07 Å². The minimum Gasteiger partial charge on any atom is -0.496 e. The predicted molar refractivity (Wildman–Crippen MR) is 96.5 cm³/mol. The number of nitrogens with zero attached hydrogens (tertiary/aromatic N) is 3. The van der Waals surface area contributed by atoms with Crippen LogP contribution >= 0.6 is 11.3 Å². The van der Waals surface area contributed by atoms with Crippen molar-refractivity contribution in [1.82, 2.24) is 15.1 Å². The second-order valence-corrected chi connectivity index (χ2v) is 6.78. The van der Waals surface area contributed by atoms with Crippen LogP contribution < -0.4 is 10.1 Å². The molecule has 0 atom stereocenters. The van der Waals surface area contributed by atoms with E-state index in [9.17, 15) is 14.4 Å². The molecule has 1 aliphatic heterocycles. The monoisotopic (exact) mass is 390 g/mol. The van der Waals surface area contributed by atoms with Gasteiger partial charge in [-0.15, -0.1) is 10.2 Å². The number of aromatic nitrogens is 2. The van der Waals surface area contributed by atoms with Crippen molar-refractivity contribution in [3.63, 3.8) is 0 Å². The summed E-state index contributed by atoms with van der Waals surface area (Å²) in [6.45, 7) is -0.272. The molecule has 1 aromatic carbocycles. The summed E-state index contributed by atoms with van der Waals surface area (Å²) < 4.78 is 10.1. The first-order valence-electron chi connectivity index (χ1n) is 8.22. The number of carbonyl (C=O) groups is 3. The number of benzene rings is 1. The number of ether oxygens (including phenoxy) is 2. The van der Waals surface area contributed by atoms with E-state index in [1.807, 2.05) is 24.3 Å². The largest absolute Gasteiger partial charge is 0.496 e. The maximum Gasteiger partial charge on any atom is 0.255 e. The van der Waals surface area contributed by atoms with Gasteiger partial charge in [0.2, 0.25) is 11.0 Å². The third kappa shape index (κ3) is 4.86. The van der Waals surface area contributed by atoms with Gasteiger partial charge >= 0.3 is 0 Å². The van der Waals surface area contributed by atoms with E-state index < -0.39 is 11.8 Å². The van der Waals surface area contributed by atoms with E-state index in [0.29, 0.717) is 11.6 Å². The molecular weight excluding hydrogens is 372 g/mol. The molecule has 3 rings (SSSR count). The molecule has 1 fully saturated rings. The molecule has 1 N–H and O–H groups in total.